The maximum Gasteiger partial charge on any atom is 0.156 e. The second kappa shape index (κ2) is 5.45. The Kier molecular flexibility index (Phi) is 3.88. The molecule has 0 aromatic heterocycles. The van der Waals surface area contributed by atoms with Gasteiger partial charge in [-0.15, -0.1) is 6.42 Å². The van der Waals surface area contributed by atoms with Crippen molar-refractivity contribution in [3.05, 3.63) is 0 Å². The minimum absolute atomic E-state index is 0.0324. The van der Waals surface area contributed by atoms with Crippen LogP contribution in [0.4, 0.5) is 0 Å². The van der Waals surface area contributed by atoms with Gasteiger partial charge in [0.25, 0.3) is 0 Å². The molecule has 4 heteroatoms. The molecule has 140 valence electrons. The van der Waals surface area contributed by atoms with E-state index in [1.54, 1.807) is 0 Å². The summed E-state index contributed by atoms with van der Waals surface area (Å²) < 4.78 is 0. The smallest absolute Gasteiger partial charge is 0.156 e. The van der Waals surface area contributed by atoms with Crippen molar-refractivity contribution in [1.82, 2.24) is 0 Å². The average Bonchev–Trinajstić information content (AvgIpc) is 2.79. The van der Waals surface area contributed by atoms with Crippen molar-refractivity contribution in [3.63, 3.8) is 0 Å². The monoisotopic (exact) mass is 348 g/mol. The minimum Gasteiger partial charge on any atom is -0.390 e. The molecule has 0 saturated heterocycles. The summed E-state index contributed by atoms with van der Waals surface area (Å²) in [6, 6.07) is 0. The average molecular weight is 348 g/mol. The number of hydrogen-bond acceptors (Lipinski definition) is 4. The molecule has 25 heavy (non-hydrogen) atoms. The van der Waals surface area contributed by atoms with Gasteiger partial charge in [-0.2, -0.15) is 0 Å². The van der Waals surface area contributed by atoms with Gasteiger partial charge < -0.3 is 20.4 Å². The zero-order chi connectivity index (χ0) is 18.2. The van der Waals surface area contributed by atoms with Crippen LogP contribution in [0.3, 0.4) is 0 Å². The van der Waals surface area contributed by atoms with Crippen LogP contribution >= 0.6 is 0 Å². The summed E-state index contributed by atoms with van der Waals surface area (Å²) in [7, 11) is 0. The second-order valence-corrected chi connectivity index (χ2v) is 9.78. The second-order valence-electron chi connectivity index (χ2n) is 9.78. The molecule has 4 aliphatic rings. The Morgan fingerprint density at radius 3 is 2.32 bits per heavy atom. The molecule has 0 bridgehead atoms. The van der Waals surface area contributed by atoms with E-state index in [9.17, 15) is 20.4 Å². The van der Waals surface area contributed by atoms with Crippen LogP contribution in [0, 0.1) is 46.8 Å². The summed E-state index contributed by atoms with van der Waals surface area (Å²) in [6.45, 7) is 4.36. The first-order valence-electron chi connectivity index (χ1n) is 9.93. The summed E-state index contributed by atoms with van der Waals surface area (Å²) in [5.74, 6) is 3.82. The molecule has 4 aliphatic carbocycles. The van der Waals surface area contributed by atoms with Crippen molar-refractivity contribution in [2.45, 2.75) is 82.7 Å². The van der Waals surface area contributed by atoms with Crippen molar-refractivity contribution in [1.29, 1.82) is 0 Å². The fourth-order valence-electron chi connectivity index (χ4n) is 7.60. The number of fused-ring (bicyclic) bond motifs is 5. The van der Waals surface area contributed by atoms with Crippen molar-refractivity contribution >= 4 is 0 Å². The van der Waals surface area contributed by atoms with Gasteiger partial charge in [-0.25, -0.2) is 0 Å². The van der Waals surface area contributed by atoms with Crippen LogP contribution in [0.5, 0.6) is 0 Å². The predicted molar refractivity (Wildman–Crippen MR) is 94.3 cm³/mol. The maximum atomic E-state index is 11.0. The molecule has 4 N–H and O–H groups in total. The predicted octanol–water partition coefficient (Wildman–Crippen LogP) is 1.70. The standard InChI is InChI=1S/C21H32O4/c1-4-21(25)17(23)11-15-12-5-6-14-18(24)16(22)8-9-19(14,2)13(12)7-10-20(15,21)3/h1,12-18,22-25H,5-11H2,2-3H3/t12-,13+,14?,15+,16+,17-,18+,19-,20+,21+/m1/s1. The Hall–Kier alpha value is -0.600. The lowest BCUT2D eigenvalue weighted by Crippen LogP contribution is -2.60. The van der Waals surface area contributed by atoms with Gasteiger partial charge in [0.15, 0.2) is 5.60 Å². The molecule has 4 fully saturated rings. The fraction of sp³-hybridized carbons (Fsp3) is 0.905. The molecule has 1 unspecified atom stereocenters. The number of hydrogen-bond donors (Lipinski definition) is 4. The summed E-state index contributed by atoms with van der Waals surface area (Å²) in [6.07, 6.45) is 9.47. The quantitative estimate of drug-likeness (QED) is 0.502. The molecular weight excluding hydrogens is 316 g/mol. The summed E-state index contributed by atoms with van der Waals surface area (Å²) in [5, 5.41) is 42.3. The molecule has 0 aromatic carbocycles. The zero-order valence-corrected chi connectivity index (χ0v) is 15.4. The van der Waals surface area contributed by atoms with Gasteiger partial charge in [0.2, 0.25) is 0 Å². The molecule has 4 nitrogen and oxygen atoms in total. The Morgan fingerprint density at radius 1 is 0.920 bits per heavy atom. The lowest BCUT2D eigenvalue weighted by molar-refractivity contribution is -0.183. The van der Waals surface area contributed by atoms with E-state index in [4.69, 9.17) is 6.42 Å². The van der Waals surface area contributed by atoms with Gasteiger partial charge in [-0.1, -0.05) is 19.8 Å². The highest BCUT2D eigenvalue weighted by molar-refractivity contribution is 5.27. The van der Waals surface area contributed by atoms with Crippen LogP contribution in [-0.4, -0.2) is 44.3 Å². The van der Waals surface area contributed by atoms with Crippen LogP contribution in [-0.2, 0) is 0 Å². The third kappa shape index (κ3) is 2.04. The molecule has 0 aromatic rings. The first kappa shape index (κ1) is 17.8. The highest BCUT2D eigenvalue weighted by Crippen LogP contribution is 2.68. The highest BCUT2D eigenvalue weighted by atomic mass is 16.3. The summed E-state index contributed by atoms with van der Waals surface area (Å²) in [5.41, 5.74) is -1.83. The molecule has 4 saturated carbocycles. The van der Waals surface area contributed by atoms with Crippen molar-refractivity contribution in [2.24, 2.45) is 34.5 Å². The summed E-state index contributed by atoms with van der Waals surface area (Å²) >= 11 is 0. The fourth-order valence-corrected chi connectivity index (χ4v) is 7.60. The van der Waals surface area contributed by atoms with E-state index < -0.39 is 29.3 Å². The van der Waals surface area contributed by atoms with E-state index in [2.05, 4.69) is 19.8 Å². The van der Waals surface area contributed by atoms with E-state index in [1.807, 2.05) is 0 Å². The Balaban J connectivity index is 1.68. The topological polar surface area (TPSA) is 80.9 Å². The molecule has 0 aliphatic heterocycles. The first-order valence-corrected chi connectivity index (χ1v) is 9.93. The van der Waals surface area contributed by atoms with Crippen LogP contribution in [0.2, 0.25) is 0 Å². The Morgan fingerprint density at radius 2 is 1.64 bits per heavy atom. The Labute approximate surface area is 150 Å². The van der Waals surface area contributed by atoms with Crippen LogP contribution in [0.25, 0.3) is 0 Å². The van der Waals surface area contributed by atoms with Crippen molar-refractivity contribution in [3.8, 4) is 12.3 Å². The molecule has 10 atom stereocenters. The SMILES string of the molecule is C#C[C@]1(O)[C@H](O)C[C@H]2[C@@H]3CCC4[C@H](O)[C@@H](O)CC[C@]4(C)[C@H]3CC[C@@]21C. The van der Waals surface area contributed by atoms with Gasteiger partial charge >= 0.3 is 0 Å². The third-order valence-electron chi connectivity index (χ3n) is 9.17. The summed E-state index contributed by atoms with van der Waals surface area (Å²) in [4.78, 5) is 0. The van der Waals surface area contributed by atoms with Gasteiger partial charge in [0.1, 0.15) is 0 Å². The number of rotatable bonds is 0. The number of aliphatic hydroxyl groups excluding tert-OH is 3. The van der Waals surface area contributed by atoms with E-state index in [-0.39, 0.29) is 17.3 Å². The highest BCUT2D eigenvalue weighted by Gasteiger charge is 2.68. The molecular formula is C21H32O4. The largest absolute Gasteiger partial charge is 0.390 e. The van der Waals surface area contributed by atoms with E-state index in [0.29, 0.717) is 24.7 Å². The lowest BCUT2D eigenvalue weighted by Gasteiger charge is -2.62. The van der Waals surface area contributed by atoms with Gasteiger partial charge in [-0.3, -0.25) is 0 Å². The number of aliphatic hydroxyl groups is 4. The van der Waals surface area contributed by atoms with Gasteiger partial charge in [-0.05, 0) is 74.0 Å². The van der Waals surface area contributed by atoms with Gasteiger partial charge in [0.05, 0.1) is 18.3 Å². The minimum atomic E-state index is -1.43. The third-order valence-corrected chi connectivity index (χ3v) is 9.17. The maximum absolute atomic E-state index is 11.0. The normalized spacial score (nSPS) is 60.9. The molecule has 0 amide bonds. The van der Waals surface area contributed by atoms with Crippen molar-refractivity contribution < 1.29 is 20.4 Å². The van der Waals surface area contributed by atoms with Crippen LogP contribution < -0.4 is 0 Å². The molecule has 0 spiro atoms. The Bertz CT molecular complexity index is 599. The molecule has 4 rings (SSSR count). The van der Waals surface area contributed by atoms with Crippen LogP contribution in [0.1, 0.15) is 58.8 Å². The van der Waals surface area contributed by atoms with E-state index in [0.717, 1.165) is 32.1 Å². The zero-order valence-electron chi connectivity index (χ0n) is 15.4. The van der Waals surface area contributed by atoms with E-state index >= 15 is 0 Å². The number of terminal acetylenes is 1. The van der Waals surface area contributed by atoms with Crippen LogP contribution in [0.15, 0.2) is 0 Å². The van der Waals surface area contributed by atoms with Crippen molar-refractivity contribution in [2.75, 3.05) is 0 Å². The van der Waals surface area contributed by atoms with E-state index in [1.165, 1.54) is 0 Å². The molecule has 0 heterocycles. The first-order chi connectivity index (χ1) is 11.7. The lowest BCUT2D eigenvalue weighted by atomic mass is 9.44. The van der Waals surface area contributed by atoms with Gasteiger partial charge in [0, 0.05) is 5.41 Å². The molecule has 0 radical (unpaired) electrons.